The third-order valence-corrected chi connectivity index (χ3v) is 3.85. The van der Waals surface area contributed by atoms with Crippen molar-refractivity contribution in [3.05, 3.63) is 0 Å². The lowest BCUT2D eigenvalue weighted by Gasteiger charge is -2.42. The van der Waals surface area contributed by atoms with Gasteiger partial charge in [-0.2, -0.15) is 0 Å². The topological polar surface area (TPSA) is 49.4 Å². The standard InChI is InChI=1S/C16H30N2O2/c1-10(2)12-15(20)18(9-8-16(5,6)7)13(11(3)4)14(19)17-12/h10-13H,8-9H2,1-7H3,(H,17,19). The minimum absolute atomic E-state index is 0.00721. The van der Waals surface area contributed by atoms with Crippen LogP contribution in [0.1, 0.15) is 54.9 Å². The highest BCUT2D eigenvalue weighted by atomic mass is 16.2. The Morgan fingerprint density at radius 3 is 2.05 bits per heavy atom. The molecule has 4 nitrogen and oxygen atoms in total. The Hall–Kier alpha value is -1.06. The van der Waals surface area contributed by atoms with Crippen LogP contribution in [0.2, 0.25) is 0 Å². The van der Waals surface area contributed by atoms with Crippen LogP contribution in [0.25, 0.3) is 0 Å². The number of carbonyl (C=O) groups is 2. The summed E-state index contributed by atoms with van der Waals surface area (Å²) in [7, 11) is 0. The number of hydrogen-bond donors (Lipinski definition) is 1. The molecule has 1 aliphatic heterocycles. The molecule has 0 bridgehead atoms. The molecule has 1 aliphatic rings. The summed E-state index contributed by atoms with van der Waals surface area (Å²) in [5.41, 5.74) is 0.156. The minimum atomic E-state index is -0.377. The van der Waals surface area contributed by atoms with E-state index in [1.54, 1.807) is 4.90 Å². The van der Waals surface area contributed by atoms with Gasteiger partial charge in [0.1, 0.15) is 12.1 Å². The van der Waals surface area contributed by atoms with Crippen LogP contribution in [0.5, 0.6) is 0 Å². The predicted octanol–water partition coefficient (Wildman–Crippen LogP) is 2.43. The Morgan fingerprint density at radius 2 is 1.65 bits per heavy atom. The van der Waals surface area contributed by atoms with E-state index in [-0.39, 0.29) is 41.1 Å². The van der Waals surface area contributed by atoms with Gasteiger partial charge in [0.25, 0.3) is 0 Å². The fourth-order valence-corrected chi connectivity index (χ4v) is 2.58. The van der Waals surface area contributed by atoms with Crippen LogP contribution in [-0.4, -0.2) is 35.3 Å². The predicted molar refractivity (Wildman–Crippen MR) is 81.2 cm³/mol. The van der Waals surface area contributed by atoms with Crippen molar-refractivity contribution in [2.24, 2.45) is 17.3 Å². The van der Waals surface area contributed by atoms with Crippen molar-refractivity contribution < 1.29 is 9.59 Å². The lowest BCUT2D eigenvalue weighted by molar-refractivity contribution is -0.152. The van der Waals surface area contributed by atoms with Crippen LogP contribution >= 0.6 is 0 Å². The van der Waals surface area contributed by atoms with Gasteiger partial charge in [-0.15, -0.1) is 0 Å². The van der Waals surface area contributed by atoms with Crippen LogP contribution in [0, 0.1) is 17.3 Å². The molecular weight excluding hydrogens is 252 g/mol. The molecule has 4 heteroatoms. The van der Waals surface area contributed by atoms with Crippen LogP contribution in [0.3, 0.4) is 0 Å². The van der Waals surface area contributed by atoms with E-state index >= 15 is 0 Å². The van der Waals surface area contributed by atoms with E-state index in [0.29, 0.717) is 6.54 Å². The Labute approximate surface area is 123 Å². The molecule has 1 heterocycles. The van der Waals surface area contributed by atoms with Gasteiger partial charge < -0.3 is 10.2 Å². The number of rotatable bonds is 4. The van der Waals surface area contributed by atoms with Crippen LogP contribution < -0.4 is 5.32 Å². The maximum atomic E-state index is 12.7. The van der Waals surface area contributed by atoms with Crippen molar-refractivity contribution in [1.29, 1.82) is 0 Å². The first-order valence-corrected chi connectivity index (χ1v) is 7.65. The third kappa shape index (κ3) is 3.97. The van der Waals surface area contributed by atoms with E-state index < -0.39 is 0 Å². The molecule has 116 valence electrons. The molecule has 0 aromatic carbocycles. The summed E-state index contributed by atoms with van der Waals surface area (Å²) in [6, 6.07) is -0.711. The fraction of sp³-hybridized carbons (Fsp3) is 0.875. The molecule has 20 heavy (non-hydrogen) atoms. The fourth-order valence-electron chi connectivity index (χ4n) is 2.58. The van der Waals surface area contributed by atoms with Gasteiger partial charge in [0, 0.05) is 6.54 Å². The Kier molecular flexibility index (Phi) is 5.22. The molecule has 2 amide bonds. The molecule has 1 N–H and O–H groups in total. The zero-order chi connectivity index (χ0) is 15.7. The molecule has 0 saturated carbocycles. The van der Waals surface area contributed by atoms with Gasteiger partial charge in [0.2, 0.25) is 11.8 Å². The van der Waals surface area contributed by atoms with E-state index in [1.165, 1.54) is 0 Å². The molecule has 0 aromatic heterocycles. The number of piperazine rings is 1. The van der Waals surface area contributed by atoms with Crippen LogP contribution in [0.15, 0.2) is 0 Å². The second-order valence-electron chi connectivity index (χ2n) is 7.76. The van der Waals surface area contributed by atoms with Crippen molar-refractivity contribution in [3.63, 3.8) is 0 Å². The Bertz CT molecular complexity index is 369. The maximum Gasteiger partial charge on any atom is 0.246 e. The highest BCUT2D eigenvalue weighted by molar-refractivity contribution is 5.97. The monoisotopic (exact) mass is 282 g/mol. The number of carbonyl (C=O) groups excluding carboxylic acids is 2. The number of nitrogens with zero attached hydrogens (tertiary/aromatic N) is 1. The first kappa shape index (κ1) is 17.0. The van der Waals surface area contributed by atoms with Crippen LogP contribution in [0.4, 0.5) is 0 Å². The van der Waals surface area contributed by atoms with Crippen molar-refractivity contribution in [1.82, 2.24) is 10.2 Å². The summed E-state index contributed by atoms with van der Waals surface area (Å²) >= 11 is 0. The maximum absolute atomic E-state index is 12.7. The third-order valence-electron chi connectivity index (χ3n) is 3.85. The highest BCUT2D eigenvalue weighted by Crippen LogP contribution is 2.25. The summed E-state index contributed by atoms with van der Waals surface area (Å²) in [5, 5.41) is 2.89. The summed E-state index contributed by atoms with van der Waals surface area (Å²) in [4.78, 5) is 26.8. The Morgan fingerprint density at radius 1 is 1.10 bits per heavy atom. The molecule has 0 aromatic rings. The summed E-state index contributed by atoms with van der Waals surface area (Å²) in [6.07, 6.45) is 0.903. The molecule has 1 rings (SSSR count). The lowest BCUT2D eigenvalue weighted by Crippen LogP contribution is -2.66. The zero-order valence-electron chi connectivity index (χ0n) is 14.0. The van der Waals surface area contributed by atoms with Crippen molar-refractivity contribution in [3.8, 4) is 0 Å². The molecule has 1 fully saturated rings. The number of nitrogens with one attached hydrogen (secondary N) is 1. The van der Waals surface area contributed by atoms with Gasteiger partial charge in [-0.25, -0.2) is 0 Å². The summed E-state index contributed by atoms with van der Waals surface area (Å²) in [6.45, 7) is 15.1. The average Bonchev–Trinajstić information content (AvgIpc) is 2.27. The minimum Gasteiger partial charge on any atom is -0.342 e. The molecule has 0 spiro atoms. The van der Waals surface area contributed by atoms with E-state index in [0.717, 1.165) is 6.42 Å². The van der Waals surface area contributed by atoms with Gasteiger partial charge in [0.15, 0.2) is 0 Å². The molecule has 0 radical (unpaired) electrons. The molecule has 1 saturated heterocycles. The van der Waals surface area contributed by atoms with Crippen molar-refractivity contribution in [2.75, 3.05) is 6.54 Å². The quantitative estimate of drug-likeness (QED) is 0.861. The van der Waals surface area contributed by atoms with Crippen molar-refractivity contribution >= 4 is 11.8 Å². The molecule has 2 unspecified atom stereocenters. The normalized spacial score (nSPS) is 24.6. The lowest BCUT2D eigenvalue weighted by atomic mass is 9.89. The van der Waals surface area contributed by atoms with Gasteiger partial charge in [-0.3, -0.25) is 9.59 Å². The average molecular weight is 282 g/mol. The largest absolute Gasteiger partial charge is 0.342 e. The Balaban J connectivity index is 2.96. The smallest absolute Gasteiger partial charge is 0.246 e. The SMILES string of the molecule is CC(C)C1NC(=O)C(C(C)C)N(CCC(C)(C)C)C1=O. The molecule has 0 aliphatic carbocycles. The molecular formula is C16H30N2O2. The number of amides is 2. The first-order chi connectivity index (χ1) is 9.04. The van der Waals surface area contributed by atoms with E-state index in [9.17, 15) is 9.59 Å². The van der Waals surface area contributed by atoms with E-state index in [4.69, 9.17) is 0 Å². The summed E-state index contributed by atoms with van der Waals surface area (Å²) in [5.74, 6) is 0.318. The second kappa shape index (κ2) is 6.15. The van der Waals surface area contributed by atoms with E-state index in [1.807, 2.05) is 27.7 Å². The first-order valence-electron chi connectivity index (χ1n) is 7.65. The van der Waals surface area contributed by atoms with Gasteiger partial charge in [-0.1, -0.05) is 48.5 Å². The second-order valence-corrected chi connectivity index (χ2v) is 7.76. The zero-order valence-corrected chi connectivity index (χ0v) is 14.0. The van der Waals surface area contributed by atoms with Gasteiger partial charge in [0.05, 0.1) is 0 Å². The van der Waals surface area contributed by atoms with Crippen molar-refractivity contribution in [2.45, 2.75) is 67.0 Å². The van der Waals surface area contributed by atoms with Gasteiger partial charge >= 0.3 is 0 Å². The van der Waals surface area contributed by atoms with E-state index in [2.05, 4.69) is 26.1 Å². The highest BCUT2D eigenvalue weighted by Gasteiger charge is 2.42. The van der Waals surface area contributed by atoms with Gasteiger partial charge in [-0.05, 0) is 23.7 Å². The summed E-state index contributed by atoms with van der Waals surface area (Å²) < 4.78 is 0. The number of hydrogen-bond acceptors (Lipinski definition) is 2. The van der Waals surface area contributed by atoms with Crippen LogP contribution in [-0.2, 0) is 9.59 Å². The molecule has 2 atom stereocenters.